The summed E-state index contributed by atoms with van der Waals surface area (Å²) in [6.45, 7) is 0.575. The number of aromatic nitrogens is 1. The van der Waals surface area contributed by atoms with E-state index in [2.05, 4.69) is 10.3 Å². The predicted octanol–water partition coefficient (Wildman–Crippen LogP) is 3.32. The van der Waals surface area contributed by atoms with E-state index < -0.39 is 4.92 Å². The number of hydrogen-bond acceptors (Lipinski definition) is 5. The Morgan fingerprint density at radius 1 is 1.53 bits per heavy atom. The molecular formula is C10H8ClN3O2S. The van der Waals surface area contributed by atoms with Gasteiger partial charge in [-0.15, -0.1) is 11.3 Å². The zero-order chi connectivity index (χ0) is 12.3. The number of nitro groups is 1. The van der Waals surface area contributed by atoms with Crippen molar-refractivity contribution in [2.45, 2.75) is 6.54 Å². The molecule has 0 atom stereocenters. The third-order valence-electron chi connectivity index (χ3n) is 2.07. The number of halogens is 1. The van der Waals surface area contributed by atoms with Crippen molar-refractivity contribution in [3.8, 4) is 0 Å². The molecule has 0 aliphatic rings. The normalized spacial score (nSPS) is 10.2. The topological polar surface area (TPSA) is 68.1 Å². The summed E-state index contributed by atoms with van der Waals surface area (Å²) in [6, 6.07) is 4.54. The second-order valence-electron chi connectivity index (χ2n) is 3.20. The van der Waals surface area contributed by atoms with Gasteiger partial charge < -0.3 is 5.32 Å². The zero-order valence-electron chi connectivity index (χ0n) is 8.59. The fraction of sp³-hybridized carbons (Fsp3) is 0.100. The van der Waals surface area contributed by atoms with E-state index in [-0.39, 0.29) is 10.7 Å². The molecule has 7 heteroatoms. The number of nitrogens with one attached hydrogen (secondary N) is 1. The first-order valence-electron chi connectivity index (χ1n) is 4.73. The van der Waals surface area contributed by atoms with Gasteiger partial charge in [-0.1, -0.05) is 11.6 Å². The highest BCUT2D eigenvalue weighted by Gasteiger charge is 2.11. The van der Waals surface area contributed by atoms with Gasteiger partial charge >= 0.3 is 0 Å². The number of anilines is 1. The van der Waals surface area contributed by atoms with Gasteiger partial charge in [0.2, 0.25) is 0 Å². The largest absolute Gasteiger partial charge is 0.378 e. The summed E-state index contributed by atoms with van der Waals surface area (Å²) >= 11 is 7.33. The van der Waals surface area contributed by atoms with Crippen LogP contribution in [0.15, 0.2) is 29.8 Å². The zero-order valence-corrected chi connectivity index (χ0v) is 10.2. The fourth-order valence-electron chi connectivity index (χ4n) is 1.28. The lowest BCUT2D eigenvalue weighted by Gasteiger charge is -2.04. The molecule has 0 saturated carbocycles. The minimum absolute atomic E-state index is 0.0912. The molecule has 0 spiro atoms. The van der Waals surface area contributed by atoms with Gasteiger partial charge in [0.05, 0.1) is 11.5 Å². The molecule has 0 bridgehead atoms. The molecule has 0 amide bonds. The van der Waals surface area contributed by atoms with Gasteiger partial charge in [0.15, 0.2) is 0 Å². The second kappa shape index (κ2) is 5.11. The van der Waals surface area contributed by atoms with Crippen molar-refractivity contribution in [3.05, 3.63) is 49.9 Å². The van der Waals surface area contributed by atoms with Crippen molar-refractivity contribution in [3.63, 3.8) is 0 Å². The van der Waals surface area contributed by atoms with Crippen LogP contribution in [0.1, 0.15) is 5.01 Å². The molecule has 1 aromatic carbocycles. The molecule has 5 nitrogen and oxygen atoms in total. The molecule has 0 aliphatic carbocycles. The average molecular weight is 270 g/mol. The van der Waals surface area contributed by atoms with Crippen LogP contribution in [-0.4, -0.2) is 9.91 Å². The van der Waals surface area contributed by atoms with Gasteiger partial charge in [0.25, 0.3) is 5.69 Å². The Kier molecular flexibility index (Phi) is 3.55. The third kappa shape index (κ3) is 2.92. The van der Waals surface area contributed by atoms with E-state index in [0.717, 1.165) is 10.7 Å². The number of benzene rings is 1. The van der Waals surface area contributed by atoms with E-state index in [1.165, 1.54) is 23.5 Å². The van der Waals surface area contributed by atoms with E-state index in [0.29, 0.717) is 6.54 Å². The summed E-state index contributed by atoms with van der Waals surface area (Å²) in [5, 5.41) is 16.6. The van der Waals surface area contributed by atoms with Crippen molar-refractivity contribution in [1.82, 2.24) is 4.98 Å². The number of nitro benzene ring substituents is 1. The van der Waals surface area contributed by atoms with E-state index in [1.54, 1.807) is 12.3 Å². The minimum atomic E-state index is -0.507. The van der Waals surface area contributed by atoms with Crippen LogP contribution in [0.2, 0.25) is 5.02 Å². The van der Waals surface area contributed by atoms with Crippen LogP contribution < -0.4 is 5.32 Å². The highest BCUT2D eigenvalue weighted by molar-refractivity contribution is 7.09. The van der Waals surface area contributed by atoms with Crippen LogP contribution in [0.3, 0.4) is 0 Å². The summed E-state index contributed by atoms with van der Waals surface area (Å²) in [7, 11) is 0. The Balaban J connectivity index is 2.07. The first-order valence-corrected chi connectivity index (χ1v) is 5.99. The van der Waals surface area contributed by atoms with Gasteiger partial charge in [-0.2, -0.15) is 0 Å². The molecule has 0 fully saturated rings. The van der Waals surface area contributed by atoms with Crippen molar-refractivity contribution >= 4 is 34.3 Å². The first-order chi connectivity index (χ1) is 8.16. The van der Waals surface area contributed by atoms with Gasteiger partial charge in [-0.3, -0.25) is 10.1 Å². The Morgan fingerprint density at radius 3 is 2.94 bits per heavy atom. The molecule has 0 saturated heterocycles. The van der Waals surface area contributed by atoms with Crippen molar-refractivity contribution in [2.75, 3.05) is 5.32 Å². The van der Waals surface area contributed by atoms with Crippen LogP contribution in [0.5, 0.6) is 0 Å². The third-order valence-corrected chi connectivity index (χ3v) is 3.15. The highest BCUT2D eigenvalue weighted by atomic mass is 35.5. The molecule has 0 radical (unpaired) electrons. The summed E-state index contributed by atoms with van der Waals surface area (Å²) < 4.78 is 0. The quantitative estimate of drug-likeness (QED) is 0.683. The maximum atomic E-state index is 10.6. The van der Waals surface area contributed by atoms with E-state index in [1.807, 2.05) is 5.38 Å². The number of rotatable bonds is 4. The van der Waals surface area contributed by atoms with Crippen LogP contribution in [0.25, 0.3) is 0 Å². The summed E-state index contributed by atoms with van der Waals surface area (Å²) in [5.74, 6) is 0. The minimum Gasteiger partial charge on any atom is -0.378 e. The molecule has 1 N–H and O–H groups in total. The lowest BCUT2D eigenvalue weighted by molar-refractivity contribution is -0.384. The Morgan fingerprint density at radius 2 is 2.35 bits per heavy atom. The summed E-state index contributed by atoms with van der Waals surface area (Å²) in [4.78, 5) is 14.2. The van der Waals surface area contributed by atoms with Crippen molar-refractivity contribution in [1.29, 1.82) is 0 Å². The van der Waals surface area contributed by atoms with Gasteiger partial charge in [-0.05, 0) is 12.1 Å². The molecule has 1 heterocycles. The Bertz CT molecular complexity index is 530. The van der Waals surface area contributed by atoms with Crippen LogP contribution in [0.4, 0.5) is 11.4 Å². The highest BCUT2D eigenvalue weighted by Crippen LogP contribution is 2.27. The SMILES string of the molecule is O=[N+]([O-])c1ccc(NCc2nccs2)cc1Cl. The summed E-state index contributed by atoms with van der Waals surface area (Å²) in [5.41, 5.74) is 0.641. The van der Waals surface area contributed by atoms with E-state index in [9.17, 15) is 10.1 Å². The fourth-order valence-corrected chi connectivity index (χ4v) is 2.09. The van der Waals surface area contributed by atoms with Crippen molar-refractivity contribution in [2.24, 2.45) is 0 Å². The Labute approximate surface area is 106 Å². The molecule has 2 rings (SSSR count). The maximum absolute atomic E-state index is 10.6. The van der Waals surface area contributed by atoms with Crippen LogP contribution in [-0.2, 0) is 6.54 Å². The lowest BCUT2D eigenvalue weighted by atomic mass is 10.3. The van der Waals surface area contributed by atoms with E-state index in [4.69, 9.17) is 11.6 Å². The second-order valence-corrected chi connectivity index (χ2v) is 4.59. The first kappa shape index (κ1) is 11.8. The molecule has 1 aromatic heterocycles. The van der Waals surface area contributed by atoms with Crippen molar-refractivity contribution < 1.29 is 4.92 Å². The van der Waals surface area contributed by atoms with Crippen LogP contribution in [0, 0.1) is 10.1 Å². The molecule has 88 valence electrons. The molecule has 0 unspecified atom stereocenters. The molecule has 0 aliphatic heterocycles. The lowest BCUT2D eigenvalue weighted by Crippen LogP contribution is -1.99. The van der Waals surface area contributed by atoms with Gasteiger partial charge in [-0.25, -0.2) is 4.98 Å². The predicted molar refractivity (Wildman–Crippen MR) is 67.5 cm³/mol. The van der Waals surface area contributed by atoms with Gasteiger partial charge in [0, 0.05) is 23.3 Å². The standard InChI is InChI=1S/C10H8ClN3O2S/c11-8-5-7(1-2-9(8)14(15)16)13-6-10-12-3-4-17-10/h1-5,13H,6H2. The van der Waals surface area contributed by atoms with E-state index >= 15 is 0 Å². The number of thiazole rings is 1. The smallest absolute Gasteiger partial charge is 0.288 e. The maximum Gasteiger partial charge on any atom is 0.288 e. The summed E-state index contributed by atoms with van der Waals surface area (Å²) in [6.07, 6.45) is 1.73. The van der Waals surface area contributed by atoms with Gasteiger partial charge in [0.1, 0.15) is 10.0 Å². The number of hydrogen-bond donors (Lipinski definition) is 1. The molecule has 2 aromatic rings. The monoisotopic (exact) mass is 269 g/mol. The Hall–Kier alpha value is -1.66. The number of nitrogens with zero attached hydrogens (tertiary/aromatic N) is 2. The van der Waals surface area contributed by atoms with Crippen LogP contribution >= 0.6 is 22.9 Å². The average Bonchev–Trinajstić information content (AvgIpc) is 2.78. The molecular weight excluding hydrogens is 262 g/mol. The molecule has 17 heavy (non-hydrogen) atoms.